The van der Waals surface area contributed by atoms with E-state index in [0.717, 1.165) is 5.56 Å². The first-order valence-corrected chi connectivity index (χ1v) is 4.53. The second kappa shape index (κ2) is 4.94. The topological polar surface area (TPSA) is 70.6 Å². The normalized spacial score (nSPS) is 9.06. The van der Waals surface area contributed by atoms with Gasteiger partial charge in [0, 0.05) is 13.0 Å². The molecule has 1 rings (SSSR count). The fourth-order valence-corrected chi connectivity index (χ4v) is 1.18. The van der Waals surface area contributed by atoms with Crippen molar-refractivity contribution in [2.45, 2.75) is 13.8 Å². The Morgan fingerprint density at radius 1 is 1.50 bits per heavy atom. The van der Waals surface area contributed by atoms with Crippen molar-refractivity contribution >= 4 is 17.3 Å². The van der Waals surface area contributed by atoms with Crippen LogP contribution in [0.5, 0.6) is 5.75 Å². The van der Waals surface area contributed by atoms with Crippen LogP contribution >= 0.6 is 0 Å². The van der Waals surface area contributed by atoms with Gasteiger partial charge >= 0.3 is 0 Å². The summed E-state index contributed by atoms with van der Waals surface area (Å²) in [5.74, 6) is -0.320. The van der Waals surface area contributed by atoms with Crippen LogP contribution in [0, 0.1) is 19.5 Å². The third-order valence-electron chi connectivity index (χ3n) is 1.87. The lowest BCUT2D eigenvalue weighted by molar-refractivity contribution is -0.114. The van der Waals surface area contributed by atoms with Crippen LogP contribution in [0.4, 0.5) is 11.4 Å². The molecule has 1 amide bonds. The van der Waals surface area contributed by atoms with E-state index in [1.165, 1.54) is 13.0 Å². The van der Waals surface area contributed by atoms with Gasteiger partial charge in [-0.05, 0) is 18.6 Å². The van der Waals surface area contributed by atoms with Gasteiger partial charge in [-0.15, -0.1) is 0 Å². The van der Waals surface area contributed by atoms with Crippen LogP contribution in [0.1, 0.15) is 12.5 Å². The first-order chi connectivity index (χ1) is 7.54. The number of hydrogen-bond donors (Lipinski definition) is 3. The van der Waals surface area contributed by atoms with Gasteiger partial charge in [0.05, 0.1) is 11.4 Å². The Bertz CT molecular complexity index is 449. The van der Waals surface area contributed by atoms with Gasteiger partial charge < -0.3 is 15.3 Å². The Kier molecular flexibility index (Phi) is 3.62. The number of anilines is 2. The molecule has 5 nitrogen and oxygen atoms in total. The highest BCUT2D eigenvalue weighted by molar-refractivity contribution is 5.91. The van der Waals surface area contributed by atoms with Crippen molar-refractivity contribution in [2.75, 3.05) is 10.8 Å². The van der Waals surface area contributed by atoms with E-state index < -0.39 is 0 Å². The average Bonchev–Trinajstić information content (AvgIpc) is 2.20. The van der Waals surface area contributed by atoms with Crippen LogP contribution in [0.25, 0.3) is 0 Å². The molecule has 0 spiro atoms. The van der Waals surface area contributed by atoms with Gasteiger partial charge in [-0.25, -0.2) is 5.48 Å². The van der Waals surface area contributed by atoms with Crippen molar-refractivity contribution in [3.8, 4) is 18.3 Å². The number of phenols is 1. The summed E-state index contributed by atoms with van der Waals surface area (Å²) in [7, 11) is 0. The molecule has 0 aliphatic carbocycles. The maximum Gasteiger partial charge on any atom is 0.221 e. The fourth-order valence-electron chi connectivity index (χ4n) is 1.18. The molecule has 84 valence electrons. The lowest BCUT2D eigenvalue weighted by Crippen LogP contribution is -2.07. The summed E-state index contributed by atoms with van der Waals surface area (Å²) in [6, 6.07) is 3.02. The van der Waals surface area contributed by atoms with Crippen LogP contribution in [0.15, 0.2) is 12.1 Å². The first-order valence-electron chi connectivity index (χ1n) is 4.53. The van der Waals surface area contributed by atoms with E-state index in [-0.39, 0.29) is 11.7 Å². The fraction of sp³-hybridized carbons (Fsp3) is 0.182. The minimum atomic E-state index is -0.254. The Hall–Kier alpha value is -2.35. The van der Waals surface area contributed by atoms with E-state index in [1.54, 1.807) is 13.0 Å². The van der Waals surface area contributed by atoms with E-state index in [4.69, 9.17) is 6.42 Å². The maximum atomic E-state index is 10.8. The van der Waals surface area contributed by atoms with Crippen LogP contribution in [0.2, 0.25) is 0 Å². The van der Waals surface area contributed by atoms with E-state index >= 15 is 0 Å². The number of phenolic OH excluding ortho intramolecular Hbond substituents is 1. The number of aryl methyl sites for hydroxylation is 1. The van der Waals surface area contributed by atoms with Crippen molar-refractivity contribution in [3.63, 3.8) is 0 Å². The van der Waals surface area contributed by atoms with Crippen LogP contribution in [-0.4, -0.2) is 11.0 Å². The molecule has 16 heavy (non-hydrogen) atoms. The molecule has 0 aliphatic heterocycles. The smallest absolute Gasteiger partial charge is 0.221 e. The van der Waals surface area contributed by atoms with E-state index in [0.29, 0.717) is 11.4 Å². The van der Waals surface area contributed by atoms with Crippen molar-refractivity contribution < 1.29 is 14.7 Å². The Morgan fingerprint density at radius 3 is 2.75 bits per heavy atom. The zero-order chi connectivity index (χ0) is 12.1. The molecule has 1 aromatic carbocycles. The lowest BCUT2D eigenvalue weighted by atomic mass is 10.1. The summed E-state index contributed by atoms with van der Waals surface area (Å²) in [5, 5.41) is 12.1. The van der Waals surface area contributed by atoms with Crippen molar-refractivity contribution in [3.05, 3.63) is 17.7 Å². The number of hydrogen-bond acceptors (Lipinski definition) is 4. The number of carbonyl (C=O) groups excluding carboxylic acids is 1. The monoisotopic (exact) mass is 220 g/mol. The summed E-state index contributed by atoms with van der Waals surface area (Å²) >= 11 is 0. The minimum absolute atomic E-state index is 0.0658. The summed E-state index contributed by atoms with van der Waals surface area (Å²) in [6.45, 7) is 3.15. The number of nitrogens with one attached hydrogen (secondary N) is 2. The molecule has 0 atom stereocenters. The summed E-state index contributed by atoms with van der Waals surface area (Å²) in [6.07, 6.45) is 6.85. The van der Waals surface area contributed by atoms with E-state index in [2.05, 4.69) is 15.6 Å². The quantitative estimate of drug-likeness (QED) is 0.411. The zero-order valence-electron chi connectivity index (χ0n) is 9.00. The van der Waals surface area contributed by atoms with Crippen LogP contribution in [-0.2, 0) is 9.63 Å². The highest BCUT2D eigenvalue weighted by Gasteiger charge is 2.07. The minimum Gasteiger partial charge on any atom is -0.506 e. The maximum absolute atomic E-state index is 10.8. The van der Waals surface area contributed by atoms with Crippen molar-refractivity contribution in [1.29, 1.82) is 0 Å². The third-order valence-corrected chi connectivity index (χ3v) is 1.87. The molecule has 0 aromatic heterocycles. The number of aromatic hydroxyl groups is 1. The number of amides is 1. The largest absolute Gasteiger partial charge is 0.506 e. The number of benzene rings is 1. The molecule has 0 bridgehead atoms. The van der Waals surface area contributed by atoms with Crippen LogP contribution in [0.3, 0.4) is 0 Å². The summed E-state index contributed by atoms with van der Waals surface area (Å²) < 4.78 is 0. The number of terminal acetylenes is 1. The predicted octanol–water partition coefficient (Wildman–Crippen LogP) is 1.59. The molecule has 0 aliphatic rings. The van der Waals surface area contributed by atoms with Gasteiger partial charge in [0.25, 0.3) is 0 Å². The highest BCUT2D eigenvalue weighted by atomic mass is 16.6. The van der Waals surface area contributed by atoms with Gasteiger partial charge in [0.1, 0.15) is 11.9 Å². The van der Waals surface area contributed by atoms with Crippen molar-refractivity contribution in [2.24, 2.45) is 0 Å². The van der Waals surface area contributed by atoms with Gasteiger partial charge in [0.2, 0.25) is 5.91 Å². The molecule has 0 saturated heterocycles. The van der Waals surface area contributed by atoms with E-state index in [1.807, 2.05) is 6.11 Å². The zero-order valence-corrected chi connectivity index (χ0v) is 9.00. The second-order valence-corrected chi connectivity index (χ2v) is 3.19. The van der Waals surface area contributed by atoms with Crippen molar-refractivity contribution in [1.82, 2.24) is 0 Å². The van der Waals surface area contributed by atoms with Gasteiger partial charge in [0.15, 0.2) is 0 Å². The third kappa shape index (κ3) is 2.82. The Balaban J connectivity index is 2.98. The SMILES string of the molecule is C#CONc1cc(O)c(NC(C)=O)cc1C. The molecule has 0 unspecified atom stereocenters. The standard InChI is InChI=1S/C11H12N2O3/c1-4-16-13-9-6-11(15)10(5-7(9)2)12-8(3)14/h1,5-6,13,15H,2-3H3,(H,12,14). The molecular weight excluding hydrogens is 208 g/mol. The van der Waals surface area contributed by atoms with Gasteiger partial charge in [-0.1, -0.05) is 6.42 Å². The average molecular weight is 220 g/mol. The van der Waals surface area contributed by atoms with Gasteiger partial charge in [-0.2, -0.15) is 0 Å². The molecule has 0 fully saturated rings. The predicted molar refractivity (Wildman–Crippen MR) is 60.7 cm³/mol. The lowest BCUT2D eigenvalue weighted by Gasteiger charge is -2.11. The second-order valence-electron chi connectivity index (χ2n) is 3.19. The molecule has 0 heterocycles. The highest BCUT2D eigenvalue weighted by Crippen LogP contribution is 2.30. The van der Waals surface area contributed by atoms with Crippen LogP contribution < -0.4 is 10.8 Å². The molecule has 3 N–H and O–H groups in total. The molecule has 1 aromatic rings. The Morgan fingerprint density at radius 2 is 2.19 bits per heavy atom. The molecular formula is C11H12N2O3. The van der Waals surface area contributed by atoms with Gasteiger partial charge in [-0.3, -0.25) is 4.79 Å². The Labute approximate surface area is 93.4 Å². The van der Waals surface area contributed by atoms with E-state index in [9.17, 15) is 9.90 Å². The molecule has 0 radical (unpaired) electrons. The number of rotatable bonds is 3. The first kappa shape index (κ1) is 11.7. The molecule has 0 saturated carbocycles. The molecule has 5 heteroatoms. The summed E-state index contributed by atoms with van der Waals surface area (Å²) in [4.78, 5) is 15.4. The summed E-state index contributed by atoms with van der Waals surface area (Å²) in [5.41, 5.74) is 4.13. The number of carbonyl (C=O) groups is 1.